The van der Waals surface area contributed by atoms with Gasteiger partial charge in [0.2, 0.25) is 0 Å². The number of nitrogens with zero attached hydrogens (tertiary/aromatic N) is 1. The zero-order chi connectivity index (χ0) is 14.9. The standard InChI is InChI=1S/C16H26N2O2/c1-5-18-9-7-12(11(18)2)15(20)17-13-10-16(3,4)8-6-14(13)19/h7,9,13-14,19H,5-6,8,10H2,1-4H3,(H,17,20)/t13-,14-/m1/s1. The van der Waals surface area contributed by atoms with Crippen molar-refractivity contribution in [2.75, 3.05) is 0 Å². The van der Waals surface area contributed by atoms with Crippen LogP contribution in [-0.2, 0) is 6.54 Å². The van der Waals surface area contributed by atoms with Crippen LogP contribution in [-0.4, -0.2) is 27.7 Å². The van der Waals surface area contributed by atoms with Crippen molar-refractivity contribution in [1.82, 2.24) is 9.88 Å². The van der Waals surface area contributed by atoms with Gasteiger partial charge in [0, 0.05) is 18.4 Å². The second-order valence-corrected chi connectivity index (χ2v) is 6.66. The first-order chi connectivity index (χ1) is 9.34. The first kappa shape index (κ1) is 15.1. The molecule has 20 heavy (non-hydrogen) atoms. The Hall–Kier alpha value is -1.29. The highest BCUT2D eigenvalue weighted by atomic mass is 16.3. The number of nitrogens with one attached hydrogen (secondary N) is 1. The molecule has 2 atom stereocenters. The van der Waals surface area contributed by atoms with Gasteiger partial charge in [0.25, 0.3) is 5.91 Å². The third-order valence-electron chi connectivity index (χ3n) is 4.50. The summed E-state index contributed by atoms with van der Waals surface area (Å²) in [4.78, 5) is 12.4. The molecule has 1 aromatic rings. The predicted molar refractivity (Wildman–Crippen MR) is 79.7 cm³/mol. The molecule has 1 aliphatic rings. The second kappa shape index (κ2) is 5.60. The average Bonchev–Trinajstić information content (AvgIpc) is 2.75. The minimum atomic E-state index is -0.430. The molecule has 1 aliphatic carbocycles. The van der Waals surface area contributed by atoms with Gasteiger partial charge in [-0.25, -0.2) is 0 Å². The zero-order valence-electron chi connectivity index (χ0n) is 12.9. The van der Waals surface area contributed by atoms with Crippen molar-refractivity contribution in [1.29, 1.82) is 0 Å². The third kappa shape index (κ3) is 3.06. The van der Waals surface area contributed by atoms with E-state index in [9.17, 15) is 9.90 Å². The van der Waals surface area contributed by atoms with Crippen LogP contribution >= 0.6 is 0 Å². The Balaban J connectivity index is 2.08. The molecular weight excluding hydrogens is 252 g/mol. The molecule has 1 aromatic heterocycles. The number of carbonyl (C=O) groups excluding carboxylic acids is 1. The number of amides is 1. The lowest BCUT2D eigenvalue weighted by atomic mass is 9.74. The number of rotatable bonds is 3. The molecule has 4 nitrogen and oxygen atoms in total. The van der Waals surface area contributed by atoms with E-state index in [-0.39, 0.29) is 17.4 Å². The summed E-state index contributed by atoms with van der Waals surface area (Å²) in [6.45, 7) is 9.26. The Bertz CT molecular complexity index is 491. The first-order valence-electron chi connectivity index (χ1n) is 7.49. The SMILES string of the molecule is CCn1ccc(C(=O)N[C@@H]2CC(C)(C)CC[C@H]2O)c1C. The van der Waals surface area contributed by atoms with Crippen molar-refractivity contribution in [3.8, 4) is 0 Å². The van der Waals surface area contributed by atoms with E-state index in [2.05, 4.69) is 30.7 Å². The van der Waals surface area contributed by atoms with Crippen LogP contribution in [0.5, 0.6) is 0 Å². The van der Waals surface area contributed by atoms with Gasteiger partial charge < -0.3 is 15.0 Å². The highest BCUT2D eigenvalue weighted by Gasteiger charge is 2.35. The quantitative estimate of drug-likeness (QED) is 0.892. The van der Waals surface area contributed by atoms with Gasteiger partial charge in [-0.15, -0.1) is 0 Å². The minimum absolute atomic E-state index is 0.0727. The topological polar surface area (TPSA) is 54.3 Å². The van der Waals surface area contributed by atoms with Crippen LogP contribution in [0, 0.1) is 12.3 Å². The van der Waals surface area contributed by atoms with Crippen LogP contribution < -0.4 is 5.32 Å². The molecule has 1 heterocycles. The Kier molecular flexibility index (Phi) is 4.23. The molecule has 4 heteroatoms. The normalized spacial score (nSPS) is 25.4. The molecule has 2 rings (SSSR count). The molecule has 0 radical (unpaired) electrons. The lowest BCUT2D eigenvalue weighted by molar-refractivity contribution is 0.0401. The molecule has 0 aromatic carbocycles. The third-order valence-corrected chi connectivity index (χ3v) is 4.50. The number of carbonyl (C=O) groups is 1. The van der Waals surface area contributed by atoms with Gasteiger partial charge in [0.15, 0.2) is 0 Å². The molecule has 1 saturated carbocycles. The van der Waals surface area contributed by atoms with Gasteiger partial charge >= 0.3 is 0 Å². The van der Waals surface area contributed by atoms with Crippen molar-refractivity contribution < 1.29 is 9.90 Å². The van der Waals surface area contributed by atoms with E-state index in [1.165, 1.54) is 0 Å². The lowest BCUT2D eigenvalue weighted by Gasteiger charge is -2.38. The fraction of sp³-hybridized carbons (Fsp3) is 0.688. The smallest absolute Gasteiger partial charge is 0.253 e. The number of hydrogen-bond donors (Lipinski definition) is 2. The van der Waals surface area contributed by atoms with Crippen molar-refractivity contribution in [3.63, 3.8) is 0 Å². The summed E-state index contributed by atoms with van der Waals surface area (Å²) in [6.07, 6.45) is 4.10. The Morgan fingerprint density at radius 1 is 1.55 bits per heavy atom. The largest absolute Gasteiger partial charge is 0.391 e. The average molecular weight is 278 g/mol. The van der Waals surface area contributed by atoms with Gasteiger partial charge in [-0.05, 0) is 44.6 Å². The van der Waals surface area contributed by atoms with E-state index >= 15 is 0 Å². The number of aryl methyl sites for hydroxylation is 1. The summed E-state index contributed by atoms with van der Waals surface area (Å²) in [7, 11) is 0. The van der Waals surface area contributed by atoms with Gasteiger partial charge in [0.05, 0.1) is 17.7 Å². The Morgan fingerprint density at radius 2 is 2.25 bits per heavy atom. The van der Waals surface area contributed by atoms with Gasteiger partial charge in [-0.1, -0.05) is 13.8 Å². The maximum atomic E-state index is 12.4. The number of aliphatic hydroxyl groups excluding tert-OH is 1. The molecule has 0 bridgehead atoms. The monoisotopic (exact) mass is 278 g/mol. The van der Waals surface area contributed by atoms with E-state index in [0.717, 1.165) is 31.5 Å². The first-order valence-corrected chi connectivity index (χ1v) is 7.49. The fourth-order valence-electron chi connectivity index (χ4n) is 3.10. The fourth-order valence-corrected chi connectivity index (χ4v) is 3.10. The van der Waals surface area contributed by atoms with E-state index in [4.69, 9.17) is 0 Å². The van der Waals surface area contributed by atoms with Gasteiger partial charge in [-0.3, -0.25) is 4.79 Å². The molecule has 1 amide bonds. The maximum Gasteiger partial charge on any atom is 0.253 e. The second-order valence-electron chi connectivity index (χ2n) is 6.66. The van der Waals surface area contributed by atoms with Crippen LogP contribution in [0.1, 0.15) is 56.1 Å². The molecule has 1 fully saturated rings. The Morgan fingerprint density at radius 3 is 2.85 bits per heavy atom. The molecule has 2 N–H and O–H groups in total. The van der Waals surface area contributed by atoms with E-state index in [0.29, 0.717) is 5.56 Å². The van der Waals surface area contributed by atoms with Crippen LogP contribution in [0.2, 0.25) is 0 Å². The van der Waals surface area contributed by atoms with E-state index < -0.39 is 6.10 Å². The maximum absolute atomic E-state index is 12.4. The number of aromatic nitrogens is 1. The zero-order valence-corrected chi connectivity index (χ0v) is 12.9. The van der Waals surface area contributed by atoms with Crippen molar-refractivity contribution in [2.45, 2.75) is 65.6 Å². The predicted octanol–water partition coefficient (Wildman–Crippen LogP) is 2.49. The molecule has 0 unspecified atom stereocenters. The molecular formula is C16H26N2O2. The number of hydrogen-bond acceptors (Lipinski definition) is 2. The minimum Gasteiger partial charge on any atom is -0.391 e. The molecule has 112 valence electrons. The van der Waals surface area contributed by atoms with Crippen molar-refractivity contribution >= 4 is 5.91 Å². The Labute approximate surface area is 121 Å². The molecule has 0 saturated heterocycles. The van der Waals surface area contributed by atoms with Crippen LogP contribution in [0.3, 0.4) is 0 Å². The summed E-state index contributed by atoms with van der Waals surface area (Å²) in [5.41, 5.74) is 1.87. The van der Waals surface area contributed by atoms with E-state index in [1.54, 1.807) is 0 Å². The summed E-state index contributed by atoms with van der Waals surface area (Å²) in [5.74, 6) is -0.0727. The van der Waals surface area contributed by atoms with Crippen LogP contribution in [0.15, 0.2) is 12.3 Å². The van der Waals surface area contributed by atoms with Crippen LogP contribution in [0.25, 0.3) is 0 Å². The van der Waals surface area contributed by atoms with Crippen molar-refractivity contribution in [2.24, 2.45) is 5.41 Å². The van der Waals surface area contributed by atoms with Crippen LogP contribution in [0.4, 0.5) is 0 Å². The number of aliphatic hydroxyl groups is 1. The summed E-state index contributed by atoms with van der Waals surface area (Å²) >= 11 is 0. The summed E-state index contributed by atoms with van der Waals surface area (Å²) in [6, 6.07) is 1.71. The molecule has 0 aliphatic heterocycles. The lowest BCUT2D eigenvalue weighted by Crippen LogP contribution is -2.49. The summed E-state index contributed by atoms with van der Waals surface area (Å²) < 4.78 is 2.05. The van der Waals surface area contributed by atoms with Crippen molar-refractivity contribution in [3.05, 3.63) is 23.5 Å². The summed E-state index contributed by atoms with van der Waals surface area (Å²) in [5, 5.41) is 13.1. The molecule has 0 spiro atoms. The van der Waals surface area contributed by atoms with Gasteiger partial charge in [0.1, 0.15) is 0 Å². The van der Waals surface area contributed by atoms with Gasteiger partial charge in [-0.2, -0.15) is 0 Å². The highest BCUT2D eigenvalue weighted by Crippen LogP contribution is 2.35. The highest BCUT2D eigenvalue weighted by molar-refractivity contribution is 5.95. The van der Waals surface area contributed by atoms with E-state index in [1.807, 2.05) is 19.2 Å².